The summed E-state index contributed by atoms with van der Waals surface area (Å²) in [6.07, 6.45) is 0.915. The molecule has 2 aromatic rings. The van der Waals surface area contributed by atoms with Crippen LogP contribution in [0.3, 0.4) is 0 Å². The fourth-order valence-electron chi connectivity index (χ4n) is 2.43. The summed E-state index contributed by atoms with van der Waals surface area (Å²) in [4.78, 5) is 25.4. The molecule has 2 N–H and O–H groups in total. The highest BCUT2D eigenvalue weighted by atomic mass is 32.1. The summed E-state index contributed by atoms with van der Waals surface area (Å²) in [5.74, 6) is -0.421. The molecule has 1 aliphatic rings. The zero-order valence-electron chi connectivity index (χ0n) is 11.5. The number of hydrogen-bond acceptors (Lipinski definition) is 4. The molecule has 4 nitrogen and oxygen atoms in total. The van der Waals surface area contributed by atoms with Gasteiger partial charge in [0.1, 0.15) is 4.88 Å². The number of amides is 1. The van der Waals surface area contributed by atoms with Gasteiger partial charge in [-0.25, -0.2) is 4.79 Å². The van der Waals surface area contributed by atoms with Crippen LogP contribution in [-0.2, 0) is 11.3 Å². The first-order chi connectivity index (χ1) is 10.1. The van der Waals surface area contributed by atoms with Crippen molar-refractivity contribution in [2.75, 3.05) is 0 Å². The molecule has 21 heavy (non-hydrogen) atoms. The molecule has 0 aliphatic heterocycles. The number of carboxylic acids is 1. The maximum Gasteiger partial charge on any atom is 0.345 e. The van der Waals surface area contributed by atoms with E-state index in [4.69, 9.17) is 5.11 Å². The molecule has 1 fully saturated rings. The third-order valence-corrected chi connectivity index (χ3v) is 5.90. The van der Waals surface area contributed by atoms with E-state index < -0.39 is 5.97 Å². The van der Waals surface area contributed by atoms with E-state index in [9.17, 15) is 9.59 Å². The number of rotatable bonds is 5. The van der Waals surface area contributed by atoms with Crippen LogP contribution >= 0.6 is 22.7 Å². The van der Waals surface area contributed by atoms with E-state index in [0.717, 1.165) is 11.3 Å². The number of carbonyl (C=O) groups excluding carboxylic acids is 1. The Kier molecular flexibility index (Phi) is 3.82. The number of carbonyl (C=O) groups is 2. The van der Waals surface area contributed by atoms with Crippen LogP contribution in [0, 0.1) is 12.8 Å². The van der Waals surface area contributed by atoms with E-state index in [1.165, 1.54) is 21.8 Å². The molecule has 6 heteroatoms. The molecule has 0 radical (unpaired) electrons. The second-order valence-electron chi connectivity index (χ2n) is 5.21. The second kappa shape index (κ2) is 5.61. The van der Waals surface area contributed by atoms with Crippen LogP contribution < -0.4 is 5.32 Å². The van der Waals surface area contributed by atoms with Crippen molar-refractivity contribution in [1.29, 1.82) is 0 Å². The van der Waals surface area contributed by atoms with E-state index in [1.807, 2.05) is 0 Å². The smallest absolute Gasteiger partial charge is 0.345 e. The summed E-state index contributed by atoms with van der Waals surface area (Å²) in [6.45, 7) is 2.49. The highest BCUT2D eigenvalue weighted by Gasteiger charge is 2.45. The molecule has 0 bridgehead atoms. The van der Waals surface area contributed by atoms with Gasteiger partial charge in [0.25, 0.3) is 0 Å². The fraction of sp³-hybridized carbons (Fsp3) is 0.333. The van der Waals surface area contributed by atoms with Crippen LogP contribution in [0.15, 0.2) is 23.6 Å². The van der Waals surface area contributed by atoms with Crippen molar-refractivity contribution in [3.8, 4) is 0 Å². The summed E-state index contributed by atoms with van der Waals surface area (Å²) in [5, 5.41) is 13.8. The van der Waals surface area contributed by atoms with Crippen LogP contribution in [0.25, 0.3) is 0 Å². The van der Waals surface area contributed by atoms with Gasteiger partial charge in [-0.3, -0.25) is 4.79 Å². The third kappa shape index (κ3) is 3.01. The fourth-order valence-corrected chi connectivity index (χ4v) is 4.33. The summed E-state index contributed by atoms with van der Waals surface area (Å²) in [7, 11) is 0. The Balaban J connectivity index is 1.53. The average molecular weight is 321 g/mol. The first kappa shape index (κ1) is 14.3. The lowest BCUT2D eigenvalue weighted by molar-refractivity contribution is -0.122. The minimum Gasteiger partial charge on any atom is -0.477 e. The van der Waals surface area contributed by atoms with Gasteiger partial charge in [-0.05, 0) is 42.5 Å². The zero-order chi connectivity index (χ0) is 15.0. The van der Waals surface area contributed by atoms with Crippen molar-refractivity contribution in [3.05, 3.63) is 43.8 Å². The molecule has 110 valence electrons. The van der Waals surface area contributed by atoms with E-state index >= 15 is 0 Å². The highest BCUT2D eigenvalue weighted by molar-refractivity contribution is 7.13. The number of thiophene rings is 2. The van der Waals surface area contributed by atoms with E-state index in [1.54, 1.807) is 23.5 Å². The van der Waals surface area contributed by atoms with Crippen LogP contribution in [0.5, 0.6) is 0 Å². The van der Waals surface area contributed by atoms with Gasteiger partial charge in [0.05, 0.1) is 6.54 Å². The molecular weight excluding hydrogens is 306 g/mol. The Morgan fingerprint density at radius 3 is 2.81 bits per heavy atom. The number of hydrogen-bond donors (Lipinski definition) is 2. The molecule has 0 spiro atoms. The van der Waals surface area contributed by atoms with Gasteiger partial charge >= 0.3 is 5.97 Å². The quantitative estimate of drug-likeness (QED) is 0.888. The monoisotopic (exact) mass is 321 g/mol. The molecule has 2 unspecified atom stereocenters. The van der Waals surface area contributed by atoms with Crippen molar-refractivity contribution < 1.29 is 14.7 Å². The lowest BCUT2D eigenvalue weighted by Gasteiger charge is -2.03. The first-order valence-corrected chi connectivity index (χ1v) is 8.39. The molecule has 2 heterocycles. The number of aryl methyl sites for hydroxylation is 1. The van der Waals surface area contributed by atoms with Crippen molar-refractivity contribution >= 4 is 34.6 Å². The topological polar surface area (TPSA) is 66.4 Å². The predicted octanol–water partition coefficient (Wildman–Crippen LogP) is 3.24. The minimum atomic E-state index is -0.923. The molecule has 0 aromatic carbocycles. The largest absolute Gasteiger partial charge is 0.477 e. The van der Waals surface area contributed by atoms with Gasteiger partial charge in [-0.15, -0.1) is 22.7 Å². The van der Waals surface area contributed by atoms with Crippen LogP contribution in [0.1, 0.15) is 37.3 Å². The van der Waals surface area contributed by atoms with Crippen LogP contribution in [0.2, 0.25) is 0 Å². The number of nitrogens with one attached hydrogen (secondary N) is 1. The molecule has 3 rings (SSSR count). The lowest BCUT2D eigenvalue weighted by Crippen LogP contribution is -2.24. The van der Waals surface area contributed by atoms with Crippen molar-refractivity contribution in [3.63, 3.8) is 0 Å². The Labute approximate surface area is 130 Å². The SMILES string of the molecule is Cc1ccsc1C1CC1C(=O)NCc1ccc(C(=O)O)s1. The van der Waals surface area contributed by atoms with Gasteiger partial charge in [0, 0.05) is 21.6 Å². The maximum absolute atomic E-state index is 12.1. The molecule has 1 aliphatic carbocycles. The highest BCUT2D eigenvalue weighted by Crippen LogP contribution is 2.50. The van der Waals surface area contributed by atoms with Gasteiger partial charge in [0.15, 0.2) is 0 Å². The van der Waals surface area contributed by atoms with E-state index in [-0.39, 0.29) is 11.8 Å². The van der Waals surface area contributed by atoms with Crippen molar-refractivity contribution in [1.82, 2.24) is 5.32 Å². The zero-order valence-corrected chi connectivity index (χ0v) is 13.1. The number of aromatic carboxylic acids is 1. The van der Waals surface area contributed by atoms with Crippen LogP contribution in [-0.4, -0.2) is 17.0 Å². The van der Waals surface area contributed by atoms with Crippen molar-refractivity contribution in [2.45, 2.75) is 25.8 Å². The summed E-state index contributed by atoms with van der Waals surface area (Å²) < 4.78 is 0. The Hall–Kier alpha value is -1.66. The van der Waals surface area contributed by atoms with Gasteiger partial charge in [-0.1, -0.05) is 0 Å². The molecule has 1 saturated carbocycles. The molecule has 2 aromatic heterocycles. The van der Waals surface area contributed by atoms with E-state index in [2.05, 4.69) is 23.7 Å². The van der Waals surface area contributed by atoms with Gasteiger partial charge < -0.3 is 10.4 Å². The first-order valence-electron chi connectivity index (χ1n) is 6.70. The summed E-state index contributed by atoms with van der Waals surface area (Å²) in [6, 6.07) is 5.41. The standard InChI is InChI=1S/C15H15NO3S2/c1-8-4-5-20-13(8)10-6-11(10)14(17)16-7-9-2-3-12(21-9)15(18)19/h2-5,10-11H,6-7H2,1H3,(H,16,17)(H,18,19). The normalized spacial score (nSPS) is 20.2. The predicted molar refractivity (Wildman–Crippen MR) is 83.0 cm³/mol. The average Bonchev–Trinajstić information content (AvgIpc) is 2.89. The minimum absolute atomic E-state index is 0.0677. The molecule has 2 atom stereocenters. The number of carboxylic acid groups (broad SMARTS) is 1. The Morgan fingerprint density at radius 2 is 2.19 bits per heavy atom. The van der Waals surface area contributed by atoms with Gasteiger partial charge in [0.2, 0.25) is 5.91 Å². The second-order valence-corrected chi connectivity index (χ2v) is 7.32. The van der Waals surface area contributed by atoms with E-state index in [0.29, 0.717) is 17.3 Å². The molecule has 1 amide bonds. The lowest BCUT2D eigenvalue weighted by atomic mass is 10.2. The molecule has 0 saturated heterocycles. The maximum atomic E-state index is 12.1. The third-order valence-electron chi connectivity index (χ3n) is 3.67. The van der Waals surface area contributed by atoms with Crippen LogP contribution in [0.4, 0.5) is 0 Å². The Bertz CT molecular complexity index is 689. The molecular formula is C15H15NO3S2. The van der Waals surface area contributed by atoms with Crippen molar-refractivity contribution in [2.24, 2.45) is 5.92 Å². The summed E-state index contributed by atoms with van der Waals surface area (Å²) in [5.41, 5.74) is 1.27. The Morgan fingerprint density at radius 1 is 1.38 bits per heavy atom. The van der Waals surface area contributed by atoms with Gasteiger partial charge in [-0.2, -0.15) is 0 Å². The summed E-state index contributed by atoms with van der Waals surface area (Å²) >= 11 is 2.92.